The van der Waals surface area contributed by atoms with Gasteiger partial charge in [0.25, 0.3) is 0 Å². The van der Waals surface area contributed by atoms with Crippen LogP contribution < -0.4 is 10.6 Å². The highest BCUT2D eigenvalue weighted by Crippen LogP contribution is 2.24. The zero-order valence-corrected chi connectivity index (χ0v) is 9.53. The number of aromatic carboxylic acids is 1. The number of pyridine rings is 1. The number of nitrogens with zero attached hydrogens (tertiary/aromatic N) is 2. The average Bonchev–Trinajstić information content (AvgIpc) is 2.24. The molecule has 3 N–H and O–H groups in total. The quantitative estimate of drug-likeness (QED) is 0.865. The smallest absolute Gasteiger partial charge is 0.390 e. The zero-order valence-electron chi connectivity index (χ0n) is 9.53. The van der Waals surface area contributed by atoms with Crippen LogP contribution in [0.15, 0.2) is 12.3 Å². The third-order valence-corrected chi connectivity index (χ3v) is 2.23. The van der Waals surface area contributed by atoms with Gasteiger partial charge in [-0.25, -0.2) is 9.78 Å². The number of alkyl halides is 3. The van der Waals surface area contributed by atoms with Crippen molar-refractivity contribution in [2.24, 2.45) is 0 Å². The molecule has 0 spiro atoms. The second kappa shape index (κ2) is 5.11. The second-order valence-corrected chi connectivity index (χ2v) is 3.73. The molecule has 0 radical (unpaired) electrons. The Morgan fingerprint density at radius 2 is 2.17 bits per heavy atom. The van der Waals surface area contributed by atoms with Crippen molar-refractivity contribution in [3.8, 4) is 0 Å². The van der Waals surface area contributed by atoms with Gasteiger partial charge < -0.3 is 15.7 Å². The van der Waals surface area contributed by atoms with E-state index in [9.17, 15) is 18.0 Å². The summed E-state index contributed by atoms with van der Waals surface area (Å²) in [5.74, 6) is -1.07. The minimum Gasteiger partial charge on any atom is -0.478 e. The van der Waals surface area contributed by atoms with Gasteiger partial charge in [0.2, 0.25) is 0 Å². The first kappa shape index (κ1) is 14.1. The first-order valence-corrected chi connectivity index (χ1v) is 4.97. The van der Waals surface area contributed by atoms with Crippen LogP contribution in [0.5, 0.6) is 0 Å². The fourth-order valence-corrected chi connectivity index (χ4v) is 1.31. The summed E-state index contributed by atoms with van der Waals surface area (Å²) in [7, 11) is 1.41. The lowest BCUT2D eigenvalue weighted by Gasteiger charge is -2.20. The molecule has 1 aromatic heterocycles. The predicted molar refractivity (Wildman–Crippen MR) is 59.6 cm³/mol. The average molecular weight is 263 g/mol. The molecule has 0 saturated heterocycles. The standard InChI is InChI=1S/C10H12F3N3O2/c1-16(3-2-10(11,12)13)8-7(14)4-6(5-15-8)9(17)18/h4-5H,2-3,14H2,1H3,(H,17,18). The highest BCUT2D eigenvalue weighted by atomic mass is 19.4. The third kappa shape index (κ3) is 3.79. The summed E-state index contributed by atoms with van der Waals surface area (Å²) in [5.41, 5.74) is 5.47. The molecule has 0 aromatic carbocycles. The van der Waals surface area contributed by atoms with Gasteiger partial charge in [-0.2, -0.15) is 13.2 Å². The minimum absolute atomic E-state index is 0.0274. The highest BCUT2D eigenvalue weighted by Gasteiger charge is 2.27. The van der Waals surface area contributed by atoms with Gasteiger partial charge in [0.05, 0.1) is 17.7 Å². The Morgan fingerprint density at radius 1 is 1.56 bits per heavy atom. The number of nitrogen functional groups attached to an aromatic ring is 1. The van der Waals surface area contributed by atoms with E-state index in [0.29, 0.717) is 0 Å². The number of rotatable bonds is 4. The monoisotopic (exact) mass is 263 g/mol. The zero-order chi connectivity index (χ0) is 13.9. The number of hydrogen-bond acceptors (Lipinski definition) is 4. The number of carbonyl (C=O) groups is 1. The van der Waals surface area contributed by atoms with Crippen LogP contribution in [0.2, 0.25) is 0 Å². The van der Waals surface area contributed by atoms with Crippen molar-refractivity contribution in [3.63, 3.8) is 0 Å². The Kier molecular flexibility index (Phi) is 4.00. The molecule has 18 heavy (non-hydrogen) atoms. The van der Waals surface area contributed by atoms with Crippen molar-refractivity contribution in [2.45, 2.75) is 12.6 Å². The molecule has 100 valence electrons. The summed E-state index contributed by atoms with van der Waals surface area (Å²) >= 11 is 0. The van der Waals surface area contributed by atoms with E-state index in [2.05, 4.69) is 4.98 Å². The molecular weight excluding hydrogens is 251 g/mol. The van der Waals surface area contributed by atoms with Gasteiger partial charge in [-0.3, -0.25) is 0 Å². The molecule has 0 fully saturated rings. The van der Waals surface area contributed by atoms with Crippen LogP contribution in [0.25, 0.3) is 0 Å². The van der Waals surface area contributed by atoms with Crippen molar-refractivity contribution < 1.29 is 23.1 Å². The third-order valence-electron chi connectivity index (χ3n) is 2.23. The highest BCUT2D eigenvalue weighted by molar-refractivity contribution is 5.89. The lowest BCUT2D eigenvalue weighted by Crippen LogP contribution is -2.25. The molecule has 0 saturated carbocycles. The Hall–Kier alpha value is -1.99. The van der Waals surface area contributed by atoms with E-state index in [1.807, 2.05) is 0 Å². The SMILES string of the molecule is CN(CCC(F)(F)F)c1ncc(C(=O)O)cc1N. The molecule has 0 aliphatic carbocycles. The van der Waals surface area contributed by atoms with Crippen molar-refractivity contribution in [1.82, 2.24) is 4.98 Å². The first-order valence-electron chi connectivity index (χ1n) is 4.97. The molecule has 5 nitrogen and oxygen atoms in total. The van der Waals surface area contributed by atoms with Crippen LogP contribution in [0.3, 0.4) is 0 Å². The maximum absolute atomic E-state index is 12.0. The summed E-state index contributed by atoms with van der Waals surface area (Å²) < 4.78 is 36.1. The van der Waals surface area contributed by atoms with E-state index in [-0.39, 0.29) is 23.6 Å². The summed E-state index contributed by atoms with van der Waals surface area (Å²) in [6.07, 6.45) is -4.20. The Bertz CT molecular complexity index is 448. The molecule has 0 aliphatic rings. The topological polar surface area (TPSA) is 79.5 Å². The van der Waals surface area contributed by atoms with E-state index in [1.54, 1.807) is 0 Å². The van der Waals surface area contributed by atoms with E-state index < -0.39 is 18.6 Å². The molecule has 1 rings (SSSR count). The van der Waals surface area contributed by atoms with Gasteiger partial charge in [-0.05, 0) is 6.07 Å². The van der Waals surface area contributed by atoms with Gasteiger partial charge in [-0.15, -0.1) is 0 Å². The fraction of sp³-hybridized carbons (Fsp3) is 0.400. The molecule has 1 heterocycles. The van der Waals surface area contributed by atoms with Gasteiger partial charge >= 0.3 is 12.1 Å². The Labute approximate surface area is 101 Å². The summed E-state index contributed by atoms with van der Waals surface area (Å²) in [4.78, 5) is 15.6. The van der Waals surface area contributed by atoms with E-state index in [1.165, 1.54) is 11.9 Å². The van der Waals surface area contributed by atoms with Crippen molar-refractivity contribution >= 4 is 17.5 Å². The van der Waals surface area contributed by atoms with Crippen LogP contribution in [-0.4, -0.2) is 35.8 Å². The van der Waals surface area contributed by atoms with Crippen LogP contribution >= 0.6 is 0 Å². The lowest BCUT2D eigenvalue weighted by atomic mass is 10.2. The van der Waals surface area contributed by atoms with E-state index in [0.717, 1.165) is 12.3 Å². The van der Waals surface area contributed by atoms with E-state index in [4.69, 9.17) is 10.8 Å². The maximum atomic E-state index is 12.0. The normalized spacial score (nSPS) is 11.3. The molecule has 8 heteroatoms. The number of carboxylic acids is 1. The van der Waals surface area contributed by atoms with Gasteiger partial charge in [0.1, 0.15) is 0 Å². The van der Waals surface area contributed by atoms with Crippen molar-refractivity contribution in [2.75, 3.05) is 24.2 Å². The van der Waals surface area contributed by atoms with Crippen LogP contribution in [0.4, 0.5) is 24.7 Å². The minimum atomic E-state index is -4.26. The van der Waals surface area contributed by atoms with Crippen LogP contribution in [0.1, 0.15) is 16.8 Å². The van der Waals surface area contributed by atoms with E-state index >= 15 is 0 Å². The van der Waals surface area contributed by atoms with Gasteiger partial charge in [-0.1, -0.05) is 0 Å². The first-order chi connectivity index (χ1) is 8.20. The number of nitrogens with two attached hydrogens (primary N) is 1. The molecular formula is C10H12F3N3O2. The lowest BCUT2D eigenvalue weighted by molar-refractivity contribution is -0.132. The van der Waals surface area contributed by atoms with Crippen LogP contribution in [-0.2, 0) is 0 Å². The van der Waals surface area contributed by atoms with Crippen LogP contribution in [0, 0.1) is 0 Å². The number of halogens is 3. The van der Waals surface area contributed by atoms with Crippen molar-refractivity contribution in [3.05, 3.63) is 17.8 Å². The molecule has 0 unspecified atom stereocenters. The molecule has 0 aliphatic heterocycles. The number of anilines is 2. The molecule has 0 amide bonds. The number of hydrogen-bond donors (Lipinski definition) is 2. The summed E-state index contributed by atoms with van der Waals surface area (Å²) in [6, 6.07) is 1.16. The Balaban J connectivity index is 2.80. The molecule has 0 bridgehead atoms. The molecule has 0 atom stereocenters. The summed E-state index contributed by atoms with van der Waals surface area (Å²) in [6.45, 7) is -0.298. The number of carboxylic acid groups (broad SMARTS) is 1. The fourth-order valence-electron chi connectivity index (χ4n) is 1.31. The predicted octanol–water partition coefficient (Wildman–Crippen LogP) is 1.75. The maximum Gasteiger partial charge on any atom is 0.390 e. The number of aromatic nitrogens is 1. The van der Waals surface area contributed by atoms with Crippen molar-refractivity contribution in [1.29, 1.82) is 0 Å². The largest absolute Gasteiger partial charge is 0.478 e. The van der Waals surface area contributed by atoms with Gasteiger partial charge in [0, 0.05) is 19.8 Å². The second-order valence-electron chi connectivity index (χ2n) is 3.73. The summed E-state index contributed by atoms with van der Waals surface area (Å²) in [5, 5.41) is 8.69. The molecule has 1 aromatic rings. The van der Waals surface area contributed by atoms with Gasteiger partial charge in [0.15, 0.2) is 5.82 Å². The Morgan fingerprint density at radius 3 is 2.61 bits per heavy atom.